The monoisotopic (exact) mass is 448 g/mol. The maximum atomic E-state index is 12.5. The molecule has 0 fully saturated rings. The minimum atomic E-state index is -3.62. The molecular formula is C17H15Cl3N2O4S. The van der Waals surface area contributed by atoms with Gasteiger partial charge in [0.2, 0.25) is 10.0 Å². The van der Waals surface area contributed by atoms with Gasteiger partial charge < -0.3 is 10.1 Å². The van der Waals surface area contributed by atoms with Crippen LogP contribution in [0.4, 0.5) is 5.69 Å². The van der Waals surface area contributed by atoms with Crippen LogP contribution in [-0.4, -0.2) is 33.2 Å². The first-order valence-electron chi connectivity index (χ1n) is 7.80. The maximum Gasteiger partial charge on any atom is 0.263 e. The Labute approximate surface area is 172 Å². The van der Waals surface area contributed by atoms with Gasteiger partial charge >= 0.3 is 0 Å². The van der Waals surface area contributed by atoms with Crippen LogP contribution >= 0.6 is 34.8 Å². The van der Waals surface area contributed by atoms with Crippen molar-refractivity contribution < 1.29 is 17.9 Å². The normalized spacial score (nSPS) is 16.4. The number of hydrogen-bond acceptors (Lipinski definition) is 4. The van der Waals surface area contributed by atoms with Gasteiger partial charge in [-0.15, -0.1) is 0 Å². The molecular weight excluding hydrogens is 435 g/mol. The second-order valence-electron chi connectivity index (χ2n) is 5.98. The SMILES string of the molecule is CS(=O)(=O)N1C[C@H](C(=O)NCc2ccc(Cl)c(Cl)c2)Oc2ccc(Cl)cc21. The van der Waals surface area contributed by atoms with Crippen molar-refractivity contribution in [3.8, 4) is 5.75 Å². The smallest absolute Gasteiger partial charge is 0.263 e. The van der Waals surface area contributed by atoms with Gasteiger partial charge in [0.1, 0.15) is 5.75 Å². The van der Waals surface area contributed by atoms with E-state index in [4.69, 9.17) is 39.5 Å². The van der Waals surface area contributed by atoms with E-state index in [1.807, 2.05) is 0 Å². The topological polar surface area (TPSA) is 75.7 Å². The number of sulfonamides is 1. The number of ether oxygens (including phenoxy) is 1. The van der Waals surface area contributed by atoms with Crippen molar-refractivity contribution in [3.05, 3.63) is 57.0 Å². The fourth-order valence-corrected chi connectivity index (χ4v) is 4.02. The zero-order valence-electron chi connectivity index (χ0n) is 14.1. The lowest BCUT2D eigenvalue weighted by atomic mass is 10.2. The number of halogens is 3. The fourth-order valence-electron chi connectivity index (χ4n) is 2.63. The lowest BCUT2D eigenvalue weighted by molar-refractivity contribution is -0.127. The first kappa shape index (κ1) is 20.1. The lowest BCUT2D eigenvalue weighted by Crippen LogP contribution is -2.50. The number of nitrogens with one attached hydrogen (secondary N) is 1. The van der Waals surface area contributed by atoms with E-state index in [-0.39, 0.29) is 18.8 Å². The Morgan fingerprint density at radius 1 is 1.19 bits per heavy atom. The van der Waals surface area contributed by atoms with E-state index < -0.39 is 22.0 Å². The Morgan fingerprint density at radius 3 is 2.59 bits per heavy atom. The van der Waals surface area contributed by atoms with Crippen LogP contribution in [-0.2, 0) is 21.4 Å². The summed E-state index contributed by atoms with van der Waals surface area (Å²) in [5, 5.41) is 3.88. The summed E-state index contributed by atoms with van der Waals surface area (Å²) >= 11 is 17.8. The van der Waals surface area contributed by atoms with E-state index >= 15 is 0 Å². The molecule has 0 spiro atoms. The second-order valence-corrected chi connectivity index (χ2v) is 9.14. The molecule has 144 valence electrons. The Morgan fingerprint density at radius 2 is 1.93 bits per heavy atom. The van der Waals surface area contributed by atoms with Crippen LogP contribution < -0.4 is 14.4 Å². The summed E-state index contributed by atoms with van der Waals surface area (Å²) in [6.45, 7) is 0.0430. The number of carbonyl (C=O) groups excluding carboxylic acids is 1. The van der Waals surface area contributed by atoms with Crippen LogP contribution in [0.25, 0.3) is 0 Å². The lowest BCUT2D eigenvalue weighted by Gasteiger charge is -2.34. The molecule has 0 bridgehead atoms. The van der Waals surface area contributed by atoms with Gasteiger partial charge in [-0.25, -0.2) is 8.42 Å². The number of hydrogen-bond donors (Lipinski definition) is 1. The molecule has 3 rings (SSSR count). The Kier molecular flexibility index (Phi) is 5.76. The molecule has 6 nitrogen and oxygen atoms in total. The van der Waals surface area contributed by atoms with Gasteiger partial charge in [0.05, 0.1) is 28.5 Å². The number of benzene rings is 2. The minimum absolute atomic E-state index is 0.153. The molecule has 0 radical (unpaired) electrons. The highest BCUT2D eigenvalue weighted by molar-refractivity contribution is 7.92. The predicted molar refractivity (Wildman–Crippen MR) is 106 cm³/mol. The third-order valence-corrected chi connectivity index (χ3v) is 6.05. The van der Waals surface area contributed by atoms with Gasteiger partial charge in [-0.1, -0.05) is 40.9 Å². The highest BCUT2D eigenvalue weighted by Crippen LogP contribution is 2.37. The molecule has 1 aliphatic heterocycles. The quantitative estimate of drug-likeness (QED) is 0.775. The number of rotatable bonds is 4. The zero-order valence-corrected chi connectivity index (χ0v) is 17.2. The molecule has 0 aromatic heterocycles. The van der Waals surface area contributed by atoms with Crippen molar-refractivity contribution in [3.63, 3.8) is 0 Å². The molecule has 0 aliphatic carbocycles. The third kappa shape index (κ3) is 4.60. The molecule has 1 atom stereocenters. The molecule has 1 aliphatic rings. The molecule has 0 unspecified atom stereocenters. The van der Waals surface area contributed by atoms with Gasteiger partial charge in [0.15, 0.2) is 6.10 Å². The molecule has 2 aromatic rings. The Bertz CT molecular complexity index is 998. The Balaban J connectivity index is 1.77. The highest BCUT2D eigenvalue weighted by Gasteiger charge is 2.35. The predicted octanol–water partition coefficient (Wildman–Crippen LogP) is 3.49. The average molecular weight is 450 g/mol. The van der Waals surface area contributed by atoms with Crippen LogP contribution in [0.5, 0.6) is 5.75 Å². The number of nitrogens with zero attached hydrogens (tertiary/aromatic N) is 1. The van der Waals surface area contributed by atoms with E-state index in [0.717, 1.165) is 16.1 Å². The van der Waals surface area contributed by atoms with Crippen molar-refractivity contribution in [1.29, 1.82) is 0 Å². The van der Waals surface area contributed by atoms with Crippen molar-refractivity contribution in [1.82, 2.24) is 5.32 Å². The number of amides is 1. The summed E-state index contributed by atoms with van der Waals surface area (Å²) in [6.07, 6.45) is 0.0596. The Hall–Kier alpha value is -1.67. The highest BCUT2D eigenvalue weighted by atomic mass is 35.5. The van der Waals surface area contributed by atoms with Crippen molar-refractivity contribution in [2.24, 2.45) is 0 Å². The summed E-state index contributed by atoms with van der Waals surface area (Å²) in [4.78, 5) is 12.5. The van der Waals surface area contributed by atoms with E-state index in [1.54, 1.807) is 24.3 Å². The van der Waals surface area contributed by atoms with Gasteiger partial charge in [0.25, 0.3) is 5.91 Å². The first-order chi connectivity index (χ1) is 12.6. The third-order valence-electron chi connectivity index (χ3n) is 3.93. The van der Waals surface area contributed by atoms with E-state index in [0.29, 0.717) is 20.8 Å². The molecule has 1 amide bonds. The van der Waals surface area contributed by atoms with Crippen LogP contribution in [0.3, 0.4) is 0 Å². The minimum Gasteiger partial charge on any atom is -0.476 e. The van der Waals surface area contributed by atoms with E-state index in [2.05, 4.69) is 5.32 Å². The summed E-state index contributed by atoms with van der Waals surface area (Å²) < 4.78 is 31.1. The summed E-state index contributed by atoms with van der Waals surface area (Å²) in [5.41, 5.74) is 1.05. The number of carbonyl (C=O) groups is 1. The summed E-state index contributed by atoms with van der Waals surface area (Å²) in [5.74, 6) is -0.180. The number of fused-ring (bicyclic) bond motifs is 1. The first-order valence-corrected chi connectivity index (χ1v) is 10.8. The number of anilines is 1. The fraction of sp³-hybridized carbons (Fsp3) is 0.235. The summed E-state index contributed by atoms with van der Waals surface area (Å²) in [7, 11) is -3.62. The largest absolute Gasteiger partial charge is 0.476 e. The molecule has 1 N–H and O–H groups in total. The van der Waals surface area contributed by atoms with Crippen molar-refractivity contribution in [2.45, 2.75) is 12.6 Å². The van der Waals surface area contributed by atoms with Gasteiger partial charge in [-0.05, 0) is 35.9 Å². The molecule has 1 heterocycles. The van der Waals surface area contributed by atoms with Crippen molar-refractivity contribution >= 4 is 56.4 Å². The summed E-state index contributed by atoms with van der Waals surface area (Å²) in [6, 6.07) is 9.60. The van der Waals surface area contributed by atoms with Crippen LogP contribution in [0, 0.1) is 0 Å². The van der Waals surface area contributed by atoms with Gasteiger partial charge in [-0.2, -0.15) is 0 Å². The van der Waals surface area contributed by atoms with E-state index in [1.165, 1.54) is 12.1 Å². The molecule has 0 saturated heterocycles. The zero-order chi connectivity index (χ0) is 19.8. The molecule has 27 heavy (non-hydrogen) atoms. The molecule has 10 heteroatoms. The average Bonchev–Trinajstić information content (AvgIpc) is 2.60. The molecule has 2 aromatic carbocycles. The van der Waals surface area contributed by atoms with Crippen molar-refractivity contribution in [2.75, 3.05) is 17.1 Å². The maximum absolute atomic E-state index is 12.5. The standard InChI is InChI=1S/C17H15Cl3N2O4S/c1-27(24,25)22-9-16(26-15-5-3-11(18)7-14(15)22)17(23)21-8-10-2-4-12(19)13(20)6-10/h2-7,16H,8-9H2,1H3,(H,21,23)/t16-/m1/s1. The van der Waals surface area contributed by atoms with Crippen LogP contribution in [0.15, 0.2) is 36.4 Å². The van der Waals surface area contributed by atoms with Crippen LogP contribution in [0.1, 0.15) is 5.56 Å². The van der Waals surface area contributed by atoms with E-state index in [9.17, 15) is 13.2 Å². The van der Waals surface area contributed by atoms with Crippen LogP contribution in [0.2, 0.25) is 15.1 Å². The van der Waals surface area contributed by atoms with Gasteiger partial charge in [0, 0.05) is 11.6 Å². The molecule has 0 saturated carbocycles. The second kappa shape index (κ2) is 7.75. The van der Waals surface area contributed by atoms with Gasteiger partial charge in [-0.3, -0.25) is 9.10 Å².